The molecule has 34 heavy (non-hydrogen) atoms. The van der Waals surface area contributed by atoms with E-state index < -0.39 is 35.1 Å². The molecule has 0 spiro atoms. The molecule has 1 saturated heterocycles. The van der Waals surface area contributed by atoms with Crippen LogP contribution in [0.25, 0.3) is 0 Å². The van der Waals surface area contributed by atoms with Crippen LogP contribution in [0.1, 0.15) is 57.2 Å². The lowest BCUT2D eigenvalue weighted by molar-refractivity contribution is 0.125. The van der Waals surface area contributed by atoms with Crippen LogP contribution in [-0.2, 0) is 11.3 Å². The molecule has 8 nitrogen and oxygen atoms in total. The number of halogens is 3. The lowest BCUT2D eigenvalue weighted by Crippen LogP contribution is -2.50. The molecule has 1 aromatic carbocycles. The molecule has 180 valence electrons. The molecular formula is C23H24F3N5O3. The van der Waals surface area contributed by atoms with Crippen LogP contribution in [0.5, 0.6) is 0 Å². The molecule has 2 aliphatic heterocycles. The number of aromatic nitrogens is 2. The van der Waals surface area contributed by atoms with E-state index in [-0.39, 0.29) is 30.4 Å². The Morgan fingerprint density at radius 1 is 1.15 bits per heavy atom. The van der Waals surface area contributed by atoms with Gasteiger partial charge in [0, 0.05) is 17.8 Å². The van der Waals surface area contributed by atoms with Gasteiger partial charge in [-0.05, 0) is 45.4 Å². The molecule has 3 amide bonds. The van der Waals surface area contributed by atoms with Crippen molar-refractivity contribution in [2.45, 2.75) is 75.7 Å². The Morgan fingerprint density at radius 2 is 1.88 bits per heavy atom. The number of nitrogens with zero attached hydrogens (tertiary/aromatic N) is 4. The molecule has 4 atom stereocenters. The van der Waals surface area contributed by atoms with Crippen LogP contribution < -0.4 is 10.2 Å². The highest BCUT2D eigenvalue weighted by Gasteiger charge is 2.56. The smallest absolute Gasteiger partial charge is 0.415 e. The molecule has 2 aliphatic carbocycles. The Labute approximate surface area is 193 Å². The largest absolute Gasteiger partial charge is 0.443 e. The maximum Gasteiger partial charge on any atom is 0.415 e. The van der Waals surface area contributed by atoms with Crippen LogP contribution in [0.3, 0.4) is 0 Å². The van der Waals surface area contributed by atoms with Gasteiger partial charge in [0.1, 0.15) is 6.10 Å². The molecule has 1 aromatic heterocycles. The zero-order valence-electron chi connectivity index (χ0n) is 18.6. The SMILES string of the molecule is C[C@]12CCC[C@H]1OC(=O)N2c1cnn2c1CN(C(=O)Nc1cc(F)c(F)c(F)c1)[C@H]1CCC[C@H]12. The fraction of sp³-hybridized carbons (Fsp3) is 0.522. The zero-order chi connectivity index (χ0) is 23.8. The zero-order valence-corrected chi connectivity index (χ0v) is 18.6. The minimum absolute atomic E-state index is 0.0734. The summed E-state index contributed by atoms with van der Waals surface area (Å²) in [6, 6.07) is 0.730. The molecule has 2 saturated carbocycles. The third-order valence-corrected chi connectivity index (χ3v) is 7.87. The van der Waals surface area contributed by atoms with Crippen molar-refractivity contribution in [2.24, 2.45) is 0 Å². The summed E-state index contributed by atoms with van der Waals surface area (Å²) in [5.41, 5.74) is 0.712. The van der Waals surface area contributed by atoms with Crippen molar-refractivity contribution in [2.75, 3.05) is 10.2 Å². The van der Waals surface area contributed by atoms with Crippen molar-refractivity contribution < 1.29 is 27.5 Å². The Bertz CT molecular complexity index is 1180. The molecule has 3 heterocycles. The number of anilines is 2. The highest BCUT2D eigenvalue weighted by molar-refractivity contribution is 5.93. The van der Waals surface area contributed by atoms with Gasteiger partial charge in [-0.1, -0.05) is 0 Å². The van der Waals surface area contributed by atoms with Crippen LogP contribution in [0, 0.1) is 17.5 Å². The van der Waals surface area contributed by atoms with E-state index >= 15 is 0 Å². The van der Waals surface area contributed by atoms with E-state index in [4.69, 9.17) is 4.74 Å². The fourth-order valence-corrected chi connectivity index (χ4v) is 6.21. The van der Waals surface area contributed by atoms with Gasteiger partial charge < -0.3 is 15.0 Å². The molecule has 3 fully saturated rings. The van der Waals surface area contributed by atoms with Crippen molar-refractivity contribution in [3.8, 4) is 0 Å². The molecular weight excluding hydrogens is 451 g/mol. The number of carbonyl (C=O) groups excluding carboxylic acids is 2. The van der Waals surface area contributed by atoms with Crippen LogP contribution in [-0.4, -0.2) is 44.5 Å². The van der Waals surface area contributed by atoms with Crippen LogP contribution in [0.4, 0.5) is 34.1 Å². The minimum atomic E-state index is -1.59. The van der Waals surface area contributed by atoms with Crippen molar-refractivity contribution >= 4 is 23.5 Å². The van der Waals surface area contributed by atoms with Crippen LogP contribution >= 0.6 is 0 Å². The third-order valence-electron chi connectivity index (χ3n) is 7.87. The van der Waals surface area contributed by atoms with Gasteiger partial charge in [-0.3, -0.25) is 9.58 Å². The van der Waals surface area contributed by atoms with Crippen molar-refractivity contribution in [3.63, 3.8) is 0 Å². The van der Waals surface area contributed by atoms with Gasteiger partial charge in [0.25, 0.3) is 0 Å². The number of benzene rings is 1. The summed E-state index contributed by atoms with van der Waals surface area (Å²) in [7, 11) is 0. The van der Waals surface area contributed by atoms with Gasteiger partial charge in [0.2, 0.25) is 0 Å². The molecule has 1 N–H and O–H groups in total. The Balaban J connectivity index is 1.34. The normalized spacial score (nSPS) is 29.6. The van der Waals surface area contributed by atoms with Crippen LogP contribution in [0.15, 0.2) is 18.3 Å². The number of urea groups is 1. The van der Waals surface area contributed by atoms with E-state index in [2.05, 4.69) is 10.4 Å². The summed E-state index contributed by atoms with van der Waals surface area (Å²) in [6.07, 6.45) is 6.11. The maximum absolute atomic E-state index is 13.7. The second-order valence-electron chi connectivity index (χ2n) is 9.76. The molecule has 6 rings (SSSR count). The summed E-state index contributed by atoms with van der Waals surface area (Å²) in [4.78, 5) is 29.4. The average molecular weight is 475 g/mol. The lowest BCUT2D eigenvalue weighted by atomic mass is 9.96. The Morgan fingerprint density at radius 3 is 2.65 bits per heavy atom. The first kappa shape index (κ1) is 21.3. The first-order valence-corrected chi connectivity index (χ1v) is 11.6. The van der Waals surface area contributed by atoms with E-state index in [9.17, 15) is 22.8 Å². The second-order valence-corrected chi connectivity index (χ2v) is 9.76. The van der Waals surface area contributed by atoms with E-state index in [1.165, 1.54) is 0 Å². The van der Waals surface area contributed by atoms with Gasteiger partial charge in [0.05, 0.1) is 41.7 Å². The van der Waals surface area contributed by atoms with E-state index in [1.807, 2.05) is 11.6 Å². The summed E-state index contributed by atoms with van der Waals surface area (Å²) in [5, 5.41) is 7.11. The van der Waals surface area contributed by atoms with Gasteiger partial charge in [-0.2, -0.15) is 5.10 Å². The predicted molar refractivity (Wildman–Crippen MR) is 115 cm³/mol. The monoisotopic (exact) mass is 475 g/mol. The molecule has 2 aromatic rings. The van der Waals surface area contributed by atoms with E-state index in [1.54, 1.807) is 16.0 Å². The number of hydrogen-bond donors (Lipinski definition) is 1. The summed E-state index contributed by atoms with van der Waals surface area (Å²) in [5.74, 6) is -4.34. The highest BCUT2D eigenvalue weighted by atomic mass is 19.2. The Kier molecular flexibility index (Phi) is 4.62. The van der Waals surface area contributed by atoms with E-state index in [0.29, 0.717) is 5.69 Å². The number of rotatable bonds is 2. The fourth-order valence-electron chi connectivity index (χ4n) is 6.21. The van der Waals surface area contributed by atoms with Crippen molar-refractivity contribution in [1.29, 1.82) is 0 Å². The van der Waals surface area contributed by atoms with Gasteiger partial charge >= 0.3 is 12.1 Å². The van der Waals surface area contributed by atoms with Crippen molar-refractivity contribution in [3.05, 3.63) is 41.5 Å². The number of nitrogens with one attached hydrogen (secondary N) is 1. The summed E-state index contributed by atoms with van der Waals surface area (Å²) >= 11 is 0. The molecule has 0 radical (unpaired) electrons. The number of hydrogen-bond acceptors (Lipinski definition) is 4. The highest BCUT2D eigenvalue weighted by Crippen LogP contribution is 2.48. The first-order chi connectivity index (χ1) is 16.3. The van der Waals surface area contributed by atoms with Gasteiger partial charge in [0.15, 0.2) is 17.5 Å². The second kappa shape index (κ2) is 7.38. The summed E-state index contributed by atoms with van der Waals surface area (Å²) < 4.78 is 48.2. The topological polar surface area (TPSA) is 79.7 Å². The quantitative estimate of drug-likeness (QED) is 0.638. The Hall–Kier alpha value is -3.24. The third kappa shape index (κ3) is 2.94. The molecule has 0 unspecified atom stereocenters. The molecule has 4 aliphatic rings. The minimum Gasteiger partial charge on any atom is -0.443 e. The lowest BCUT2D eigenvalue weighted by Gasteiger charge is -2.39. The van der Waals surface area contributed by atoms with Gasteiger partial charge in [-0.25, -0.2) is 22.8 Å². The number of fused-ring (bicyclic) bond motifs is 4. The number of carbonyl (C=O) groups is 2. The van der Waals surface area contributed by atoms with Gasteiger partial charge in [-0.15, -0.1) is 0 Å². The van der Waals surface area contributed by atoms with Crippen LogP contribution in [0.2, 0.25) is 0 Å². The standard InChI is InChI=1S/C23H24F3N5O3/c1-23-7-3-6-19(23)34-22(33)30(23)17-10-27-31-16-5-2-4-15(16)29(11-18(17)31)21(32)28-12-8-13(24)20(26)14(25)9-12/h8-10,15-16,19H,2-7,11H2,1H3,(H,28,32)/t15-,16+,19+,23-/m0/s1. The van der Waals surface area contributed by atoms with Crippen molar-refractivity contribution in [1.82, 2.24) is 14.7 Å². The predicted octanol–water partition coefficient (Wildman–Crippen LogP) is 4.71. The number of ether oxygens (including phenoxy) is 1. The average Bonchev–Trinajstić information content (AvgIpc) is 3.54. The first-order valence-electron chi connectivity index (χ1n) is 11.6. The molecule has 11 heteroatoms. The number of amides is 3. The summed E-state index contributed by atoms with van der Waals surface area (Å²) in [6.45, 7) is 2.18. The van der Waals surface area contributed by atoms with E-state index in [0.717, 1.165) is 56.4 Å². The maximum atomic E-state index is 13.7. The molecule has 0 bridgehead atoms.